The molecule has 15 heavy (non-hydrogen) atoms. The summed E-state index contributed by atoms with van der Waals surface area (Å²) in [4.78, 5) is 4.02. The first-order chi connectivity index (χ1) is 7.40. The predicted molar refractivity (Wildman–Crippen MR) is 59.6 cm³/mol. The van der Waals surface area contributed by atoms with Gasteiger partial charge in [-0.1, -0.05) is 6.92 Å². The molecule has 4 heteroatoms. The van der Waals surface area contributed by atoms with E-state index in [1.54, 1.807) is 6.33 Å². The Bertz CT molecular complexity index is 270. The van der Waals surface area contributed by atoms with Crippen molar-refractivity contribution in [1.29, 1.82) is 0 Å². The standard InChI is InChI=1S/C11H20N4/c1-2-6-13-10-4-3-5-11(7-10)15-9-12-8-14-15/h8-11,13H,2-7H2,1H3. The Balaban J connectivity index is 1.87. The van der Waals surface area contributed by atoms with E-state index >= 15 is 0 Å². The lowest BCUT2D eigenvalue weighted by Crippen LogP contribution is -2.35. The molecule has 1 aromatic heterocycles. The third-order valence-electron chi connectivity index (χ3n) is 3.14. The zero-order valence-electron chi connectivity index (χ0n) is 9.39. The van der Waals surface area contributed by atoms with E-state index in [0.29, 0.717) is 12.1 Å². The summed E-state index contributed by atoms with van der Waals surface area (Å²) in [5, 5.41) is 7.83. The van der Waals surface area contributed by atoms with Gasteiger partial charge < -0.3 is 5.32 Å². The van der Waals surface area contributed by atoms with Gasteiger partial charge in [-0.05, 0) is 38.6 Å². The highest BCUT2D eigenvalue weighted by Crippen LogP contribution is 2.27. The largest absolute Gasteiger partial charge is 0.314 e. The number of hydrogen-bond acceptors (Lipinski definition) is 3. The maximum Gasteiger partial charge on any atom is 0.137 e. The van der Waals surface area contributed by atoms with E-state index in [1.807, 2.05) is 11.0 Å². The molecule has 1 saturated carbocycles. The summed E-state index contributed by atoms with van der Waals surface area (Å²) >= 11 is 0. The lowest BCUT2D eigenvalue weighted by Gasteiger charge is -2.29. The quantitative estimate of drug-likeness (QED) is 0.820. The molecule has 0 radical (unpaired) electrons. The lowest BCUT2D eigenvalue weighted by molar-refractivity contribution is 0.270. The summed E-state index contributed by atoms with van der Waals surface area (Å²) in [5.74, 6) is 0. The monoisotopic (exact) mass is 208 g/mol. The van der Waals surface area contributed by atoms with E-state index < -0.39 is 0 Å². The van der Waals surface area contributed by atoms with Crippen molar-refractivity contribution in [3.05, 3.63) is 12.7 Å². The second-order valence-corrected chi connectivity index (χ2v) is 4.35. The Hall–Kier alpha value is -0.900. The highest BCUT2D eigenvalue weighted by Gasteiger charge is 2.22. The van der Waals surface area contributed by atoms with Gasteiger partial charge in [0.15, 0.2) is 0 Å². The Morgan fingerprint density at radius 1 is 1.47 bits per heavy atom. The predicted octanol–water partition coefficient (Wildman–Crippen LogP) is 1.76. The van der Waals surface area contributed by atoms with Crippen LogP contribution in [0.4, 0.5) is 0 Å². The lowest BCUT2D eigenvalue weighted by atomic mass is 9.91. The van der Waals surface area contributed by atoms with Gasteiger partial charge in [-0.25, -0.2) is 9.67 Å². The maximum absolute atomic E-state index is 4.23. The van der Waals surface area contributed by atoms with Crippen molar-refractivity contribution in [3.8, 4) is 0 Å². The van der Waals surface area contributed by atoms with E-state index in [1.165, 1.54) is 32.1 Å². The fourth-order valence-electron chi connectivity index (χ4n) is 2.34. The molecule has 0 bridgehead atoms. The molecule has 1 fully saturated rings. The second kappa shape index (κ2) is 5.26. The number of aromatic nitrogens is 3. The van der Waals surface area contributed by atoms with Crippen molar-refractivity contribution in [3.63, 3.8) is 0 Å². The molecule has 2 unspecified atom stereocenters. The van der Waals surface area contributed by atoms with Crippen LogP contribution in [0.5, 0.6) is 0 Å². The molecule has 1 N–H and O–H groups in total. The van der Waals surface area contributed by atoms with Crippen LogP contribution >= 0.6 is 0 Å². The van der Waals surface area contributed by atoms with Gasteiger partial charge in [-0.2, -0.15) is 5.10 Å². The molecule has 1 heterocycles. The molecule has 84 valence electrons. The molecular weight excluding hydrogens is 188 g/mol. The molecule has 0 spiro atoms. The van der Waals surface area contributed by atoms with Crippen LogP contribution in [0, 0.1) is 0 Å². The third kappa shape index (κ3) is 2.78. The minimum absolute atomic E-state index is 0.551. The highest BCUT2D eigenvalue weighted by molar-refractivity contribution is 4.81. The Morgan fingerprint density at radius 3 is 3.13 bits per heavy atom. The number of nitrogens with one attached hydrogen (secondary N) is 1. The van der Waals surface area contributed by atoms with Crippen molar-refractivity contribution < 1.29 is 0 Å². The van der Waals surface area contributed by atoms with E-state index in [2.05, 4.69) is 22.3 Å². The van der Waals surface area contributed by atoms with Gasteiger partial charge in [-0.3, -0.25) is 0 Å². The minimum Gasteiger partial charge on any atom is -0.314 e. The first kappa shape index (κ1) is 10.6. The van der Waals surface area contributed by atoms with Crippen LogP contribution in [-0.2, 0) is 0 Å². The van der Waals surface area contributed by atoms with Crippen molar-refractivity contribution in [2.24, 2.45) is 0 Å². The van der Waals surface area contributed by atoms with Crippen LogP contribution in [-0.4, -0.2) is 27.4 Å². The second-order valence-electron chi connectivity index (χ2n) is 4.35. The summed E-state index contributed by atoms with van der Waals surface area (Å²) < 4.78 is 2.01. The molecule has 0 aromatic carbocycles. The molecule has 0 saturated heterocycles. The van der Waals surface area contributed by atoms with Crippen LogP contribution in [0.2, 0.25) is 0 Å². The number of nitrogens with zero attached hydrogens (tertiary/aromatic N) is 3. The molecule has 2 atom stereocenters. The zero-order valence-corrected chi connectivity index (χ0v) is 9.39. The van der Waals surface area contributed by atoms with Crippen LogP contribution in [0.15, 0.2) is 12.7 Å². The Morgan fingerprint density at radius 2 is 2.40 bits per heavy atom. The molecule has 1 aromatic rings. The van der Waals surface area contributed by atoms with Gasteiger partial charge in [0.2, 0.25) is 0 Å². The fraction of sp³-hybridized carbons (Fsp3) is 0.818. The molecular formula is C11H20N4. The van der Waals surface area contributed by atoms with Gasteiger partial charge in [0.25, 0.3) is 0 Å². The summed E-state index contributed by atoms with van der Waals surface area (Å²) in [6.07, 6.45) is 9.73. The van der Waals surface area contributed by atoms with Crippen molar-refractivity contribution in [2.45, 2.75) is 51.1 Å². The Kier molecular flexibility index (Phi) is 3.72. The SMILES string of the molecule is CCCNC1CCCC(n2cncn2)C1. The molecule has 1 aliphatic rings. The van der Waals surface area contributed by atoms with Gasteiger partial charge in [0, 0.05) is 6.04 Å². The number of rotatable bonds is 4. The number of hydrogen-bond donors (Lipinski definition) is 1. The molecule has 0 aliphatic heterocycles. The molecule has 0 amide bonds. The van der Waals surface area contributed by atoms with Crippen molar-refractivity contribution in [1.82, 2.24) is 20.1 Å². The van der Waals surface area contributed by atoms with Gasteiger partial charge in [0.05, 0.1) is 6.04 Å². The summed E-state index contributed by atoms with van der Waals surface area (Å²) in [5.41, 5.74) is 0. The zero-order chi connectivity index (χ0) is 10.5. The van der Waals surface area contributed by atoms with Crippen LogP contribution in [0.3, 0.4) is 0 Å². The highest BCUT2D eigenvalue weighted by atomic mass is 15.3. The topological polar surface area (TPSA) is 42.7 Å². The van der Waals surface area contributed by atoms with E-state index in [-0.39, 0.29) is 0 Å². The van der Waals surface area contributed by atoms with Crippen LogP contribution in [0.25, 0.3) is 0 Å². The van der Waals surface area contributed by atoms with Gasteiger partial charge in [-0.15, -0.1) is 0 Å². The third-order valence-corrected chi connectivity index (χ3v) is 3.14. The Labute approximate surface area is 91.1 Å². The normalized spacial score (nSPS) is 26.7. The van der Waals surface area contributed by atoms with E-state index in [9.17, 15) is 0 Å². The molecule has 4 nitrogen and oxygen atoms in total. The molecule has 1 aliphatic carbocycles. The first-order valence-corrected chi connectivity index (χ1v) is 5.97. The smallest absolute Gasteiger partial charge is 0.137 e. The average Bonchev–Trinajstić information content (AvgIpc) is 2.80. The van der Waals surface area contributed by atoms with E-state index in [0.717, 1.165) is 6.54 Å². The van der Waals surface area contributed by atoms with Crippen LogP contribution in [0.1, 0.15) is 45.1 Å². The summed E-state index contributed by atoms with van der Waals surface area (Å²) in [6, 6.07) is 1.23. The van der Waals surface area contributed by atoms with Gasteiger partial charge in [0.1, 0.15) is 12.7 Å². The maximum atomic E-state index is 4.23. The van der Waals surface area contributed by atoms with Crippen LogP contribution < -0.4 is 5.32 Å². The fourth-order valence-corrected chi connectivity index (χ4v) is 2.34. The van der Waals surface area contributed by atoms with Gasteiger partial charge >= 0.3 is 0 Å². The van der Waals surface area contributed by atoms with Crippen molar-refractivity contribution in [2.75, 3.05) is 6.54 Å². The summed E-state index contributed by atoms with van der Waals surface area (Å²) in [7, 11) is 0. The van der Waals surface area contributed by atoms with E-state index in [4.69, 9.17) is 0 Å². The average molecular weight is 208 g/mol. The first-order valence-electron chi connectivity index (χ1n) is 5.97. The van der Waals surface area contributed by atoms with Crippen molar-refractivity contribution >= 4 is 0 Å². The molecule has 2 rings (SSSR count). The summed E-state index contributed by atoms with van der Waals surface area (Å²) in [6.45, 7) is 3.35. The minimum atomic E-state index is 0.551.